The number of ether oxygens (including phenoxy) is 1. The number of fused-ring (bicyclic) bond motifs is 1. The zero-order valence-electron chi connectivity index (χ0n) is 15.6. The first-order valence-corrected chi connectivity index (χ1v) is 9.44. The molecule has 1 aliphatic rings. The minimum Gasteiger partial charge on any atom is -0.383 e. The summed E-state index contributed by atoms with van der Waals surface area (Å²) < 4.78 is 9.12. The summed E-state index contributed by atoms with van der Waals surface area (Å²) in [6, 6.07) is 7.97. The number of carbonyl (C=O) groups is 1. The molecule has 1 aliphatic heterocycles. The van der Waals surface area contributed by atoms with Crippen LogP contribution in [0.1, 0.15) is 24.6 Å². The first kappa shape index (κ1) is 17.7. The molecule has 27 heavy (non-hydrogen) atoms. The highest BCUT2D eigenvalue weighted by Crippen LogP contribution is 2.26. The molecule has 3 aromatic rings. The van der Waals surface area contributed by atoms with Gasteiger partial charge in [0.1, 0.15) is 12.4 Å². The number of nitrogens with zero attached hydrogens (tertiary/aromatic N) is 5. The van der Waals surface area contributed by atoms with Gasteiger partial charge in [-0.25, -0.2) is 4.98 Å². The average Bonchev–Trinajstić information content (AvgIpc) is 3.34. The van der Waals surface area contributed by atoms with Gasteiger partial charge in [-0.15, -0.1) is 0 Å². The van der Waals surface area contributed by atoms with Crippen LogP contribution in [0, 0.1) is 0 Å². The standard InChI is InChI=1S/C20H25N5O2/c1-27-12-11-23-10-8-21-20(23)17-6-4-9-24(14-17)19(26)15-25-18-7-3-2-5-16(18)13-22-25/h2-3,5,7-8,10,13,17H,4,6,9,11-12,14-15H2,1H3/t17-/m0/s1. The van der Waals surface area contributed by atoms with Crippen molar-refractivity contribution in [1.29, 1.82) is 0 Å². The van der Waals surface area contributed by atoms with E-state index in [1.807, 2.05) is 47.8 Å². The second-order valence-corrected chi connectivity index (χ2v) is 7.01. The molecule has 7 heteroatoms. The number of methoxy groups -OCH3 is 1. The maximum Gasteiger partial charge on any atom is 0.244 e. The lowest BCUT2D eigenvalue weighted by molar-refractivity contribution is -0.133. The number of benzene rings is 1. The summed E-state index contributed by atoms with van der Waals surface area (Å²) in [6.07, 6.45) is 7.69. The Balaban J connectivity index is 1.45. The highest BCUT2D eigenvalue weighted by molar-refractivity contribution is 5.82. The Morgan fingerprint density at radius 1 is 1.33 bits per heavy atom. The fourth-order valence-corrected chi connectivity index (χ4v) is 3.85. The van der Waals surface area contributed by atoms with Gasteiger partial charge in [0.2, 0.25) is 5.91 Å². The van der Waals surface area contributed by atoms with E-state index in [2.05, 4.69) is 14.6 Å². The summed E-state index contributed by atoms with van der Waals surface area (Å²) in [7, 11) is 1.70. The number of rotatable bonds is 6. The topological polar surface area (TPSA) is 65.2 Å². The second kappa shape index (κ2) is 7.92. The Morgan fingerprint density at radius 3 is 3.11 bits per heavy atom. The van der Waals surface area contributed by atoms with Crippen LogP contribution < -0.4 is 0 Å². The van der Waals surface area contributed by atoms with E-state index in [1.165, 1.54) is 0 Å². The molecule has 2 aromatic heterocycles. The fourth-order valence-electron chi connectivity index (χ4n) is 3.85. The van der Waals surface area contributed by atoms with Crippen LogP contribution in [0.2, 0.25) is 0 Å². The number of amides is 1. The number of carbonyl (C=O) groups excluding carboxylic acids is 1. The van der Waals surface area contributed by atoms with Crippen LogP contribution in [0.5, 0.6) is 0 Å². The van der Waals surface area contributed by atoms with Crippen LogP contribution in [0.15, 0.2) is 42.9 Å². The van der Waals surface area contributed by atoms with Crippen molar-refractivity contribution >= 4 is 16.8 Å². The van der Waals surface area contributed by atoms with Crippen LogP contribution >= 0.6 is 0 Å². The van der Waals surface area contributed by atoms with E-state index < -0.39 is 0 Å². The third-order valence-electron chi connectivity index (χ3n) is 5.26. The Morgan fingerprint density at radius 2 is 2.22 bits per heavy atom. The predicted molar refractivity (Wildman–Crippen MR) is 102 cm³/mol. The van der Waals surface area contributed by atoms with Crippen molar-refractivity contribution in [1.82, 2.24) is 24.2 Å². The van der Waals surface area contributed by atoms with Crippen LogP contribution in [0.3, 0.4) is 0 Å². The zero-order chi connectivity index (χ0) is 18.6. The lowest BCUT2D eigenvalue weighted by Gasteiger charge is -2.32. The van der Waals surface area contributed by atoms with Gasteiger partial charge in [-0.05, 0) is 18.9 Å². The Bertz CT molecular complexity index is 916. The number of piperidine rings is 1. The molecule has 142 valence electrons. The molecule has 1 amide bonds. The number of imidazole rings is 1. The molecule has 1 atom stereocenters. The number of hydrogen-bond acceptors (Lipinski definition) is 4. The molecular weight excluding hydrogens is 342 g/mol. The number of likely N-dealkylation sites (tertiary alicyclic amines) is 1. The highest BCUT2D eigenvalue weighted by Gasteiger charge is 2.27. The van der Waals surface area contributed by atoms with Crippen LogP contribution in [0.4, 0.5) is 0 Å². The first-order valence-electron chi connectivity index (χ1n) is 9.44. The number of para-hydroxylation sites is 1. The Kier molecular flexibility index (Phi) is 5.20. The molecule has 0 radical (unpaired) electrons. The minimum atomic E-state index is 0.114. The maximum absolute atomic E-state index is 12.9. The summed E-state index contributed by atoms with van der Waals surface area (Å²) in [5.41, 5.74) is 0.995. The van der Waals surface area contributed by atoms with Gasteiger partial charge in [0.05, 0.1) is 18.3 Å². The normalized spacial score (nSPS) is 17.5. The molecular formula is C20H25N5O2. The van der Waals surface area contributed by atoms with Gasteiger partial charge >= 0.3 is 0 Å². The molecule has 0 bridgehead atoms. The van der Waals surface area contributed by atoms with Gasteiger partial charge in [-0.1, -0.05) is 18.2 Å². The molecule has 4 rings (SSSR count). The Hall–Kier alpha value is -2.67. The van der Waals surface area contributed by atoms with Gasteiger partial charge < -0.3 is 14.2 Å². The molecule has 0 N–H and O–H groups in total. The summed E-state index contributed by atoms with van der Waals surface area (Å²) >= 11 is 0. The molecule has 3 heterocycles. The maximum atomic E-state index is 12.9. The van der Waals surface area contributed by atoms with Crippen LogP contribution in [0.25, 0.3) is 10.9 Å². The summed E-state index contributed by atoms with van der Waals surface area (Å²) in [6.45, 7) is 3.23. The zero-order valence-corrected chi connectivity index (χ0v) is 15.6. The lowest BCUT2D eigenvalue weighted by atomic mass is 9.97. The van der Waals surface area contributed by atoms with Gasteiger partial charge in [0, 0.05) is 50.4 Å². The Labute approximate surface area is 158 Å². The molecule has 1 aromatic carbocycles. The fraction of sp³-hybridized carbons (Fsp3) is 0.450. The SMILES string of the molecule is COCCn1ccnc1[C@H]1CCCN(C(=O)Cn2ncc3ccccc32)C1. The van der Waals surface area contributed by atoms with E-state index in [-0.39, 0.29) is 18.4 Å². The molecule has 1 saturated heterocycles. The largest absolute Gasteiger partial charge is 0.383 e. The predicted octanol–water partition coefficient (Wildman–Crippen LogP) is 2.29. The van der Waals surface area contributed by atoms with Crippen molar-refractivity contribution in [3.8, 4) is 0 Å². The van der Waals surface area contributed by atoms with Crippen molar-refractivity contribution in [2.45, 2.75) is 31.8 Å². The molecule has 1 fully saturated rings. The average molecular weight is 367 g/mol. The number of hydrogen-bond donors (Lipinski definition) is 0. The van der Waals surface area contributed by atoms with Gasteiger partial charge in [0.15, 0.2) is 0 Å². The quantitative estimate of drug-likeness (QED) is 0.670. The van der Waals surface area contributed by atoms with Gasteiger partial charge in [0.25, 0.3) is 0 Å². The molecule has 0 unspecified atom stereocenters. The van der Waals surface area contributed by atoms with Crippen molar-refractivity contribution in [2.24, 2.45) is 0 Å². The van der Waals surface area contributed by atoms with E-state index in [4.69, 9.17) is 4.74 Å². The summed E-state index contributed by atoms with van der Waals surface area (Å²) in [4.78, 5) is 19.4. The third kappa shape index (κ3) is 3.73. The second-order valence-electron chi connectivity index (χ2n) is 7.01. The minimum absolute atomic E-state index is 0.114. The van der Waals surface area contributed by atoms with Crippen molar-refractivity contribution in [2.75, 3.05) is 26.8 Å². The van der Waals surface area contributed by atoms with E-state index >= 15 is 0 Å². The summed E-state index contributed by atoms with van der Waals surface area (Å²) in [5, 5.41) is 5.44. The first-order chi connectivity index (χ1) is 13.3. The van der Waals surface area contributed by atoms with Crippen LogP contribution in [-0.4, -0.2) is 56.9 Å². The van der Waals surface area contributed by atoms with E-state index in [9.17, 15) is 4.79 Å². The highest BCUT2D eigenvalue weighted by atomic mass is 16.5. The van der Waals surface area contributed by atoms with E-state index in [1.54, 1.807) is 11.8 Å². The van der Waals surface area contributed by atoms with Crippen molar-refractivity contribution < 1.29 is 9.53 Å². The smallest absolute Gasteiger partial charge is 0.244 e. The molecule has 7 nitrogen and oxygen atoms in total. The van der Waals surface area contributed by atoms with Gasteiger partial charge in [-0.2, -0.15) is 5.10 Å². The van der Waals surface area contributed by atoms with E-state index in [0.29, 0.717) is 13.2 Å². The monoisotopic (exact) mass is 367 g/mol. The third-order valence-corrected chi connectivity index (χ3v) is 5.26. The lowest BCUT2D eigenvalue weighted by Crippen LogP contribution is -2.41. The summed E-state index contributed by atoms with van der Waals surface area (Å²) in [5.74, 6) is 1.43. The van der Waals surface area contributed by atoms with Crippen molar-refractivity contribution in [3.63, 3.8) is 0 Å². The van der Waals surface area contributed by atoms with Crippen molar-refractivity contribution in [3.05, 3.63) is 48.7 Å². The molecule has 0 saturated carbocycles. The van der Waals surface area contributed by atoms with E-state index in [0.717, 1.165) is 42.7 Å². The van der Waals surface area contributed by atoms with Gasteiger partial charge in [-0.3, -0.25) is 9.48 Å². The van der Waals surface area contributed by atoms with Crippen LogP contribution in [-0.2, 0) is 22.6 Å². The number of aromatic nitrogens is 4. The molecule has 0 spiro atoms. The molecule has 0 aliphatic carbocycles.